The van der Waals surface area contributed by atoms with E-state index in [0.717, 1.165) is 0 Å². The van der Waals surface area contributed by atoms with Crippen LogP contribution in [0.25, 0.3) is 0 Å². The van der Waals surface area contributed by atoms with Gasteiger partial charge in [0.1, 0.15) is 4.84 Å². The van der Waals surface area contributed by atoms with E-state index in [-0.39, 0.29) is 0 Å². The largest absolute Gasteiger partial charge is 0.226 e. The fourth-order valence-electron chi connectivity index (χ4n) is 1.12. The molecule has 0 spiro atoms. The van der Waals surface area contributed by atoms with Gasteiger partial charge in [-0.25, -0.2) is 0 Å². The first kappa shape index (κ1) is 29.9. The monoisotopic (exact) mass is 691 g/mol. The lowest BCUT2D eigenvalue weighted by atomic mass is 10.1. The first-order chi connectivity index (χ1) is 10.4. The van der Waals surface area contributed by atoms with Crippen LogP contribution in [0, 0.1) is 0 Å². The summed E-state index contributed by atoms with van der Waals surface area (Å²) in [5.41, 5.74) is 0. The van der Waals surface area contributed by atoms with Crippen LogP contribution in [0.15, 0.2) is 0 Å². The number of alkyl halides is 17. The molecule has 0 N–H and O–H groups in total. The molecule has 152 valence electrons. The van der Waals surface area contributed by atoms with Crippen LogP contribution in [0.3, 0.4) is 0 Å². The Labute approximate surface area is 228 Å². The minimum absolute atomic E-state index is 1.66. The highest BCUT2D eigenvalue weighted by Crippen LogP contribution is 2.71. The lowest BCUT2D eigenvalue weighted by molar-refractivity contribution is 0.476. The molecule has 0 heterocycles. The first-order valence-corrected chi connectivity index (χ1v) is 11.6. The van der Waals surface area contributed by atoms with Crippen LogP contribution in [0.2, 0.25) is 0 Å². The summed E-state index contributed by atoms with van der Waals surface area (Å²) in [5, 5.41) is 0. The van der Waals surface area contributed by atoms with Crippen molar-refractivity contribution in [1.82, 2.24) is 0 Å². The molecule has 25 heavy (non-hydrogen) atoms. The van der Waals surface area contributed by atoms with Gasteiger partial charge in [-0.3, -0.25) is 0 Å². The van der Waals surface area contributed by atoms with Gasteiger partial charge in [0, 0.05) is 0 Å². The summed E-state index contributed by atoms with van der Waals surface area (Å²) in [6.45, 7) is 0. The van der Waals surface area contributed by atoms with E-state index in [0.29, 0.717) is 0 Å². The second-order valence-electron chi connectivity index (χ2n) is 4.29. The van der Waals surface area contributed by atoms with E-state index >= 15 is 0 Å². The van der Waals surface area contributed by atoms with Gasteiger partial charge in [0.25, 0.3) is 0 Å². The Morgan fingerprint density at radius 1 is 0.360 bits per heavy atom. The zero-order chi connectivity index (χ0) is 21.1. The summed E-state index contributed by atoms with van der Waals surface area (Å²) >= 11 is 101. The van der Waals surface area contributed by atoms with E-state index < -0.39 is 34.6 Å². The van der Waals surface area contributed by atoms with Crippen molar-refractivity contribution < 1.29 is 0 Å². The number of hydrogen-bond donors (Lipinski definition) is 0. The Morgan fingerprint density at radius 2 is 0.600 bits per heavy atom. The first-order valence-electron chi connectivity index (χ1n) is 5.06. The van der Waals surface area contributed by atoms with Crippen molar-refractivity contribution in [2.75, 3.05) is 0 Å². The lowest BCUT2D eigenvalue weighted by Crippen LogP contribution is -2.69. The van der Waals surface area contributed by atoms with Crippen LogP contribution >= 0.6 is 197 Å². The van der Waals surface area contributed by atoms with Crippen molar-refractivity contribution in [3.05, 3.63) is 0 Å². The molecule has 0 rings (SSSR count). The van der Waals surface area contributed by atoms with Gasteiger partial charge in [-0.05, 0) is 0 Å². The van der Waals surface area contributed by atoms with Crippen LogP contribution in [0.5, 0.6) is 0 Å². The third-order valence-electron chi connectivity index (χ3n) is 2.63. The maximum absolute atomic E-state index is 6.13. The SMILES string of the molecule is ClC(Cl)C(Cl)(Cl)C(Cl)(Cl)C(Cl)(Cl)C(Cl)(Cl)C(Cl)(Cl)C(Cl)(Cl)C(Cl)(Cl)Cl. The van der Waals surface area contributed by atoms with Crippen LogP contribution in [-0.2, 0) is 0 Å². The molecule has 0 aliphatic heterocycles. The molecule has 0 fully saturated rings. The van der Waals surface area contributed by atoms with Crippen molar-refractivity contribution in [3.8, 4) is 0 Å². The second-order valence-corrected chi connectivity index (χ2v) is 15.7. The van der Waals surface area contributed by atoms with E-state index in [1.807, 2.05) is 0 Å². The topological polar surface area (TPSA) is 0 Å². The minimum Gasteiger partial charge on any atom is -0.102 e. The van der Waals surface area contributed by atoms with E-state index in [1.54, 1.807) is 0 Å². The highest BCUT2D eigenvalue weighted by atomic mass is 35.6. The molecule has 0 amide bonds. The van der Waals surface area contributed by atoms with Crippen LogP contribution in [0.1, 0.15) is 0 Å². The fraction of sp³-hybridized carbons (Fsp3) is 1.00. The second kappa shape index (κ2) is 9.05. The molecule has 0 unspecified atom stereocenters. The highest BCUT2D eigenvalue weighted by Gasteiger charge is 2.79. The molecule has 0 aliphatic carbocycles. The maximum atomic E-state index is 6.13. The summed E-state index contributed by atoms with van der Waals surface area (Å²) in [5.74, 6) is 0. The van der Waals surface area contributed by atoms with Crippen molar-refractivity contribution in [2.24, 2.45) is 0 Å². The van der Waals surface area contributed by atoms with Gasteiger partial charge < -0.3 is 0 Å². The van der Waals surface area contributed by atoms with E-state index in [4.69, 9.17) is 197 Å². The molecule has 0 aromatic rings. The van der Waals surface area contributed by atoms with Gasteiger partial charge in [0.05, 0.1) is 0 Å². The summed E-state index contributed by atoms with van der Waals surface area (Å²) in [7, 11) is 0. The van der Waals surface area contributed by atoms with Crippen molar-refractivity contribution >= 4 is 197 Å². The van der Waals surface area contributed by atoms with E-state index in [1.165, 1.54) is 0 Å². The number of halogens is 17. The predicted molar refractivity (Wildman–Crippen MR) is 122 cm³/mol. The average Bonchev–Trinajstić information content (AvgIpc) is 2.35. The Bertz CT molecular complexity index is 481. The van der Waals surface area contributed by atoms with E-state index in [9.17, 15) is 0 Å². The Kier molecular flexibility index (Phi) is 10.8. The number of hydrogen-bond acceptors (Lipinski definition) is 0. The molecule has 0 radical (unpaired) electrons. The van der Waals surface area contributed by atoms with Crippen LogP contribution < -0.4 is 0 Å². The minimum atomic E-state index is -2.90. The number of rotatable bonds is 6. The molecule has 0 aromatic carbocycles. The zero-order valence-electron chi connectivity index (χ0n) is 10.5. The zero-order valence-corrected chi connectivity index (χ0v) is 23.4. The smallest absolute Gasteiger partial charge is 0.102 e. The molecule has 0 atom stereocenters. The van der Waals surface area contributed by atoms with Gasteiger partial charge >= 0.3 is 0 Å². The average molecular weight is 700 g/mol. The highest BCUT2D eigenvalue weighted by molar-refractivity contribution is 6.83. The van der Waals surface area contributed by atoms with Gasteiger partial charge in [-0.2, -0.15) is 0 Å². The molecule has 17 heteroatoms. The summed E-state index contributed by atoms with van der Waals surface area (Å²) in [4.78, 5) is -1.66. The normalized spacial score (nSPS) is 16.6. The summed E-state index contributed by atoms with van der Waals surface area (Å²) in [6.07, 6.45) is 0. The molecular weight excluding hydrogens is 699 g/mol. The predicted octanol–water partition coefficient (Wildman–Crippen LogP) is 10.2. The van der Waals surface area contributed by atoms with Crippen molar-refractivity contribution in [2.45, 2.75) is 34.6 Å². The quantitative estimate of drug-likeness (QED) is 0.242. The fourth-order valence-corrected chi connectivity index (χ4v) is 5.94. The Balaban J connectivity index is 6.50. The Hall–Kier alpha value is 4.93. The Morgan fingerprint density at radius 3 is 0.840 bits per heavy atom. The van der Waals surface area contributed by atoms with Crippen molar-refractivity contribution in [1.29, 1.82) is 0 Å². The molecule has 0 aromatic heterocycles. The lowest BCUT2D eigenvalue weighted by Gasteiger charge is -2.52. The third kappa shape index (κ3) is 4.98. The van der Waals surface area contributed by atoms with Crippen LogP contribution in [-0.4, -0.2) is 34.6 Å². The molecule has 0 nitrogen and oxygen atoms in total. The van der Waals surface area contributed by atoms with E-state index in [2.05, 4.69) is 0 Å². The molecular formula is C8HCl17. The standard InChI is InChI=1S/C8HCl17/c9-1(10)2(11,12)3(13,14)4(15,16)5(17,18)6(19,20)7(21,22)8(23,24)25/h1H. The molecule has 0 aliphatic rings. The van der Waals surface area contributed by atoms with Gasteiger partial charge in [-0.15, -0.1) is 23.2 Å². The van der Waals surface area contributed by atoms with Crippen molar-refractivity contribution in [3.63, 3.8) is 0 Å². The van der Waals surface area contributed by atoms with Gasteiger partial charge in [-0.1, -0.05) is 174 Å². The summed E-state index contributed by atoms with van der Waals surface area (Å²) in [6, 6.07) is 0. The van der Waals surface area contributed by atoms with Gasteiger partial charge in [0.2, 0.25) is 8.13 Å². The molecule has 0 saturated carbocycles. The summed E-state index contributed by atoms with van der Waals surface area (Å²) < 4.78 is -19.1. The van der Waals surface area contributed by atoms with Gasteiger partial charge in [0.15, 0.2) is 21.7 Å². The molecule has 0 bridgehead atoms. The molecule has 0 saturated heterocycles. The maximum Gasteiger partial charge on any atom is 0.226 e. The third-order valence-corrected chi connectivity index (χ3v) is 13.8. The van der Waals surface area contributed by atoms with Crippen LogP contribution in [0.4, 0.5) is 0 Å².